The predicted molar refractivity (Wildman–Crippen MR) is 148 cm³/mol. The maximum atomic E-state index is 12.7. The Balaban J connectivity index is 3.02. The number of methoxy groups -OCH3 is 1. The molecule has 0 radical (unpaired) electrons. The van der Waals surface area contributed by atoms with Crippen LogP contribution in [-0.2, 0) is 35.1 Å². The van der Waals surface area contributed by atoms with Crippen molar-refractivity contribution in [3.63, 3.8) is 0 Å². The van der Waals surface area contributed by atoms with E-state index in [4.69, 9.17) is 18.9 Å². The predicted octanol–water partition coefficient (Wildman–Crippen LogP) is 5.02. The van der Waals surface area contributed by atoms with Crippen molar-refractivity contribution in [3.8, 4) is 11.5 Å². The van der Waals surface area contributed by atoms with Gasteiger partial charge in [0.15, 0.2) is 11.5 Å². The molecule has 0 aliphatic carbocycles. The first-order valence-corrected chi connectivity index (χ1v) is 14.0. The third kappa shape index (κ3) is 13.1. The minimum Gasteiger partial charge on any atom is -0.468 e. The minimum absolute atomic E-state index is 0.118. The number of rotatable bonds is 18. The van der Waals surface area contributed by atoms with Crippen LogP contribution in [0.15, 0.2) is 18.2 Å². The first-order valence-electron chi connectivity index (χ1n) is 14.0. The van der Waals surface area contributed by atoms with Gasteiger partial charge in [-0.15, -0.1) is 0 Å². The van der Waals surface area contributed by atoms with Crippen LogP contribution in [0.3, 0.4) is 0 Å². The van der Waals surface area contributed by atoms with E-state index in [-0.39, 0.29) is 48.9 Å². The lowest BCUT2D eigenvalue weighted by atomic mass is 10.0. The first-order chi connectivity index (χ1) is 18.5. The molecule has 1 aromatic carbocycles. The van der Waals surface area contributed by atoms with Crippen LogP contribution in [0.25, 0.3) is 0 Å². The van der Waals surface area contributed by atoms with Crippen molar-refractivity contribution in [1.29, 1.82) is 0 Å². The molecule has 2 unspecified atom stereocenters. The number of ether oxygens (including phenoxy) is 4. The van der Waals surface area contributed by atoms with Gasteiger partial charge in [0.1, 0.15) is 12.6 Å². The molecule has 0 heterocycles. The fourth-order valence-electron chi connectivity index (χ4n) is 3.86. The van der Waals surface area contributed by atoms with E-state index in [1.54, 1.807) is 32.0 Å². The molecule has 9 nitrogen and oxygen atoms in total. The van der Waals surface area contributed by atoms with E-state index in [1.807, 2.05) is 27.7 Å². The largest absolute Gasteiger partial charge is 0.468 e. The average Bonchev–Trinajstić information content (AvgIpc) is 2.90. The van der Waals surface area contributed by atoms with E-state index in [2.05, 4.69) is 5.32 Å². The summed E-state index contributed by atoms with van der Waals surface area (Å²) in [6.07, 6.45) is 4.32. The molecule has 0 aliphatic rings. The van der Waals surface area contributed by atoms with Crippen molar-refractivity contribution < 1.29 is 38.1 Å². The second-order valence-electron chi connectivity index (χ2n) is 10.4. The van der Waals surface area contributed by atoms with Gasteiger partial charge in [0.05, 0.1) is 18.9 Å². The highest BCUT2D eigenvalue weighted by Gasteiger charge is 2.24. The van der Waals surface area contributed by atoms with Crippen molar-refractivity contribution in [2.75, 3.05) is 20.3 Å². The molecule has 1 aromatic rings. The number of hydrogen-bond donors (Lipinski definition) is 1. The number of esters is 4. The monoisotopic (exact) mass is 549 g/mol. The second-order valence-corrected chi connectivity index (χ2v) is 10.4. The lowest BCUT2D eigenvalue weighted by Gasteiger charge is -2.19. The quantitative estimate of drug-likeness (QED) is 0.153. The van der Waals surface area contributed by atoms with Gasteiger partial charge in [-0.1, -0.05) is 60.5 Å². The molecule has 0 aromatic heterocycles. The van der Waals surface area contributed by atoms with Crippen molar-refractivity contribution >= 4 is 23.9 Å². The van der Waals surface area contributed by atoms with Gasteiger partial charge >= 0.3 is 23.9 Å². The summed E-state index contributed by atoms with van der Waals surface area (Å²) in [5.74, 6) is -1.52. The van der Waals surface area contributed by atoms with Crippen molar-refractivity contribution in [3.05, 3.63) is 23.8 Å². The minimum atomic E-state index is -0.732. The van der Waals surface area contributed by atoms with Crippen LogP contribution < -0.4 is 14.8 Å². The fourth-order valence-corrected chi connectivity index (χ4v) is 3.86. The summed E-state index contributed by atoms with van der Waals surface area (Å²) in [5.41, 5.74) is 0.666. The summed E-state index contributed by atoms with van der Waals surface area (Å²) in [6.45, 7) is 12.0. The molecule has 0 aliphatic heterocycles. The normalized spacial score (nSPS) is 13.3. The van der Waals surface area contributed by atoms with Crippen LogP contribution in [0, 0.1) is 17.8 Å². The summed E-state index contributed by atoms with van der Waals surface area (Å²) in [7, 11) is 1.30. The highest BCUT2D eigenvalue weighted by atomic mass is 16.6. The fraction of sp³-hybridized carbons (Fsp3) is 0.667. The van der Waals surface area contributed by atoms with Crippen LogP contribution in [0.4, 0.5) is 0 Å². The van der Waals surface area contributed by atoms with Crippen LogP contribution >= 0.6 is 0 Å². The summed E-state index contributed by atoms with van der Waals surface area (Å²) in [5, 5.41) is 3.07. The van der Waals surface area contributed by atoms with Gasteiger partial charge in [-0.05, 0) is 49.3 Å². The third-order valence-electron chi connectivity index (χ3n) is 6.28. The molecule has 0 spiro atoms. The molecule has 0 amide bonds. The van der Waals surface area contributed by atoms with Crippen LogP contribution in [0.2, 0.25) is 0 Å². The van der Waals surface area contributed by atoms with E-state index >= 15 is 0 Å². The Bertz CT molecular complexity index is 930. The van der Waals surface area contributed by atoms with E-state index in [0.29, 0.717) is 30.7 Å². The van der Waals surface area contributed by atoms with Gasteiger partial charge in [-0.3, -0.25) is 19.2 Å². The van der Waals surface area contributed by atoms with Crippen LogP contribution in [0.1, 0.15) is 85.6 Å². The Morgan fingerprint density at radius 2 is 1.41 bits per heavy atom. The molecule has 0 bridgehead atoms. The van der Waals surface area contributed by atoms with E-state index in [9.17, 15) is 19.2 Å². The topological polar surface area (TPSA) is 117 Å². The summed E-state index contributed by atoms with van der Waals surface area (Å²) < 4.78 is 21.4. The Morgan fingerprint density at radius 3 is 1.95 bits per heavy atom. The van der Waals surface area contributed by atoms with Gasteiger partial charge in [0.25, 0.3) is 0 Å². The standard InChI is InChI=1S/C30H47NO8/c1-8-10-21(5)28(33)38-25-14-13-23(19-26(25)39-29(34)22(6)11-9-2)18-24(30(35)36-7)31-16-17-37-27(32)15-12-20(3)4/h13-14,19-22,24,31H,8-12,15-18H2,1-7H3/t21?,22?,24-/m0/s1. The molecule has 3 atom stereocenters. The van der Waals surface area contributed by atoms with Gasteiger partial charge in [0.2, 0.25) is 0 Å². The number of benzene rings is 1. The molecule has 1 rings (SSSR count). The number of carbonyl (C=O) groups excluding carboxylic acids is 4. The summed E-state index contributed by atoms with van der Waals surface area (Å²) >= 11 is 0. The molecule has 220 valence electrons. The number of nitrogens with one attached hydrogen (secondary N) is 1. The zero-order chi connectivity index (χ0) is 29.4. The summed E-state index contributed by atoms with van der Waals surface area (Å²) in [6, 6.07) is 4.16. The molecule has 1 N–H and O–H groups in total. The molecule has 0 saturated heterocycles. The van der Waals surface area contributed by atoms with Crippen LogP contribution in [0.5, 0.6) is 11.5 Å². The van der Waals surface area contributed by atoms with Gasteiger partial charge < -0.3 is 24.3 Å². The van der Waals surface area contributed by atoms with Gasteiger partial charge in [-0.25, -0.2) is 0 Å². The van der Waals surface area contributed by atoms with Crippen LogP contribution in [-0.4, -0.2) is 50.2 Å². The average molecular weight is 550 g/mol. The molecule has 39 heavy (non-hydrogen) atoms. The molecule has 0 saturated carbocycles. The smallest absolute Gasteiger partial charge is 0.323 e. The van der Waals surface area contributed by atoms with Crippen molar-refractivity contribution in [1.82, 2.24) is 5.32 Å². The Hall–Kier alpha value is -2.94. The third-order valence-corrected chi connectivity index (χ3v) is 6.28. The highest BCUT2D eigenvalue weighted by molar-refractivity contribution is 5.79. The Kier molecular flexibility index (Phi) is 16.1. The Labute approximate surface area is 233 Å². The van der Waals surface area contributed by atoms with Crippen molar-refractivity contribution in [2.24, 2.45) is 17.8 Å². The van der Waals surface area contributed by atoms with E-state index in [1.165, 1.54) is 7.11 Å². The van der Waals surface area contributed by atoms with E-state index < -0.39 is 23.9 Å². The Morgan fingerprint density at radius 1 is 0.821 bits per heavy atom. The lowest BCUT2D eigenvalue weighted by molar-refractivity contribution is -0.144. The maximum absolute atomic E-state index is 12.7. The van der Waals surface area contributed by atoms with E-state index in [0.717, 1.165) is 19.3 Å². The zero-order valence-corrected chi connectivity index (χ0v) is 24.7. The lowest BCUT2D eigenvalue weighted by Crippen LogP contribution is -2.41. The molecule has 9 heteroatoms. The molecule has 0 fully saturated rings. The first kappa shape index (κ1) is 34.1. The van der Waals surface area contributed by atoms with Gasteiger partial charge in [0, 0.05) is 13.0 Å². The zero-order valence-electron chi connectivity index (χ0n) is 24.7. The number of carbonyl (C=O) groups is 4. The molecular formula is C30H47NO8. The molecular weight excluding hydrogens is 502 g/mol. The van der Waals surface area contributed by atoms with Crippen molar-refractivity contribution in [2.45, 2.75) is 92.5 Å². The summed E-state index contributed by atoms with van der Waals surface area (Å²) in [4.78, 5) is 49.6. The highest BCUT2D eigenvalue weighted by Crippen LogP contribution is 2.31. The van der Waals surface area contributed by atoms with Gasteiger partial charge in [-0.2, -0.15) is 0 Å². The SMILES string of the molecule is CCCC(C)C(=O)Oc1ccc(C[C@H](NCCOC(=O)CCC(C)C)C(=O)OC)cc1OC(=O)C(C)CCC. The maximum Gasteiger partial charge on any atom is 0.323 e. The second kappa shape index (κ2) is 18.4. The number of hydrogen-bond acceptors (Lipinski definition) is 9.